The predicted octanol–water partition coefficient (Wildman–Crippen LogP) is 6.18. The molecular weight excluding hydrogens is 415 g/mol. The van der Waals surface area contributed by atoms with Gasteiger partial charge in [-0.1, -0.05) is 12.1 Å². The highest BCUT2D eigenvalue weighted by molar-refractivity contribution is 5.80. The van der Waals surface area contributed by atoms with Gasteiger partial charge in [0.05, 0.1) is 22.3 Å². The number of imidazole rings is 1. The second kappa shape index (κ2) is 8.26. The zero-order valence-electron chi connectivity index (χ0n) is 17.2. The molecule has 5 rings (SSSR count). The normalized spacial score (nSPS) is 19.2. The maximum atomic E-state index is 13.0. The highest BCUT2D eigenvalue weighted by Gasteiger charge is 2.30. The highest BCUT2D eigenvalue weighted by atomic mass is 19.4. The van der Waals surface area contributed by atoms with E-state index in [9.17, 15) is 13.2 Å². The third-order valence-electron chi connectivity index (χ3n) is 6.05. The van der Waals surface area contributed by atoms with E-state index in [1.807, 2.05) is 36.4 Å². The Morgan fingerprint density at radius 1 is 0.938 bits per heavy atom. The summed E-state index contributed by atoms with van der Waals surface area (Å²) in [6.45, 7) is 0. The lowest BCUT2D eigenvalue weighted by Crippen LogP contribution is -2.25. The number of nitrogens with zero attached hydrogens (tertiary/aromatic N) is 3. The molecule has 2 heterocycles. The Hall–Kier alpha value is -3.42. The monoisotopic (exact) mass is 437 g/mol. The fraction of sp³-hybridized carbons (Fsp3) is 0.292. The lowest BCUT2D eigenvalue weighted by atomic mass is 9.84. The van der Waals surface area contributed by atoms with E-state index in [2.05, 4.69) is 25.5 Å². The van der Waals surface area contributed by atoms with Gasteiger partial charge in [-0.3, -0.25) is 0 Å². The van der Waals surface area contributed by atoms with E-state index < -0.39 is 11.7 Å². The summed E-state index contributed by atoms with van der Waals surface area (Å²) < 4.78 is 39.0. The molecule has 1 aliphatic rings. The van der Waals surface area contributed by atoms with Crippen LogP contribution in [0.25, 0.3) is 22.4 Å². The van der Waals surface area contributed by atoms with E-state index in [4.69, 9.17) is 0 Å². The second-order valence-electron chi connectivity index (χ2n) is 8.24. The molecule has 0 saturated heterocycles. The van der Waals surface area contributed by atoms with Gasteiger partial charge < -0.3 is 10.3 Å². The van der Waals surface area contributed by atoms with Crippen molar-refractivity contribution in [2.24, 2.45) is 0 Å². The summed E-state index contributed by atoms with van der Waals surface area (Å²) in [6, 6.07) is 15.7. The van der Waals surface area contributed by atoms with Crippen LogP contribution in [0.2, 0.25) is 0 Å². The quantitative estimate of drug-likeness (QED) is 0.400. The number of hydrogen-bond acceptors (Lipinski definition) is 4. The largest absolute Gasteiger partial charge is 0.416 e. The fourth-order valence-corrected chi connectivity index (χ4v) is 4.38. The molecular formula is C24H22F3N5. The number of nitrogens with one attached hydrogen (secondary N) is 2. The van der Waals surface area contributed by atoms with Crippen molar-refractivity contribution < 1.29 is 13.2 Å². The van der Waals surface area contributed by atoms with Gasteiger partial charge in [-0.05, 0) is 68.1 Å². The average Bonchev–Trinajstić information content (AvgIpc) is 3.23. The van der Waals surface area contributed by atoms with Crippen LogP contribution in [0.1, 0.15) is 42.9 Å². The number of fused-ring (bicyclic) bond motifs is 1. The van der Waals surface area contributed by atoms with E-state index in [0.717, 1.165) is 54.8 Å². The van der Waals surface area contributed by atoms with Gasteiger partial charge in [0.25, 0.3) is 0 Å². The number of alkyl halides is 3. The first-order valence-corrected chi connectivity index (χ1v) is 10.7. The number of anilines is 1. The van der Waals surface area contributed by atoms with Gasteiger partial charge in [0.2, 0.25) is 0 Å². The van der Waals surface area contributed by atoms with E-state index in [1.165, 1.54) is 6.07 Å². The van der Waals surface area contributed by atoms with Crippen LogP contribution < -0.4 is 5.32 Å². The first-order valence-electron chi connectivity index (χ1n) is 10.7. The van der Waals surface area contributed by atoms with Gasteiger partial charge in [0, 0.05) is 29.4 Å². The molecule has 0 amide bonds. The summed E-state index contributed by atoms with van der Waals surface area (Å²) >= 11 is 0. The molecule has 164 valence electrons. The molecule has 2 aromatic heterocycles. The summed E-state index contributed by atoms with van der Waals surface area (Å²) in [5, 5.41) is 11.8. The van der Waals surface area contributed by atoms with Crippen molar-refractivity contribution in [3.05, 3.63) is 72.1 Å². The van der Waals surface area contributed by atoms with Crippen LogP contribution >= 0.6 is 0 Å². The highest BCUT2D eigenvalue weighted by Crippen LogP contribution is 2.34. The third-order valence-corrected chi connectivity index (χ3v) is 6.05. The standard InChI is InChI=1S/C24H22F3N5/c25-24(26,27)17-8-11-21-22(14-17)31-23(30-21)16-3-1-4-19(13-16)29-18-9-6-15(7-10-18)20-5-2-12-28-32-20/h1-5,8,11-15,18,29H,6-7,9-10H2,(H,30,31). The topological polar surface area (TPSA) is 66.5 Å². The Morgan fingerprint density at radius 3 is 2.53 bits per heavy atom. The molecule has 8 heteroatoms. The van der Waals surface area contributed by atoms with Crippen LogP contribution in [-0.2, 0) is 6.18 Å². The Labute approximate surface area is 183 Å². The van der Waals surface area contributed by atoms with Crippen molar-refractivity contribution in [2.45, 2.75) is 43.8 Å². The van der Waals surface area contributed by atoms with Crippen molar-refractivity contribution >= 4 is 16.7 Å². The van der Waals surface area contributed by atoms with E-state index >= 15 is 0 Å². The van der Waals surface area contributed by atoms with Crippen molar-refractivity contribution in [1.29, 1.82) is 0 Å². The number of H-pyrrole nitrogens is 1. The van der Waals surface area contributed by atoms with Crippen molar-refractivity contribution in [1.82, 2.24) is 20.2 Å². The number of hydrogen-bond donors (Lipinski definition) is 2. The molecule has 5 nitrogen and oxygen atoms in total. The van der Waals surface area contributed by atoms with E-state index in [0.29, 0.717) is 28.8 Å². The number of aromatic nitrogens is 4. The minimum Gasteiger partial charge on any atom is -0.382 e. The van der Waals surface area contributed by atoms with Crippen LogP contribution in [0.3, 0.4) is 0 Å². The molecule has 2 aromatic carbocycles. The van der Waals surface area contributed by atoms with Gasteiger partial charge in [0.15, 0.2) is 0 Å². The molecule has 0 aliphatic heterocycles. The molecule has 0 bridgehead atoms. The first-order chi connectivity index (χ1) is 15.5. The molecule has 1 aliphatic carbocycles. The van der Waals surface area contributed by atoms with Crippen LogP contribution in [0.4, 0.5) is 18.9 Å². The number of halogens is 3. The average molecular weight is 437 g/mol. The zero-order valence-corrected chi connectivity index (χ0v) is 17.2. The molecule has 0 unspecified atom stereocenters. The Balaban J connectivity index is 1.29. The zero-order chi connectivity index (χ0) is 22.1. The second-order valence-corrected chi connectivity index (χ2v) is 8.24. The molecule has 4 aromatic rings. The predicted molar refractivity (Wildman–Crippen MR) is 117 cm³/mol. The van der Waals surface area contributed by atoms with Crippen LogP contribution in [0.5, 0.6) is 0 Å². The molecule has 0 radical (unpaired) electrons. The summed E-state index contributed by atoms with van der Waals surface area (Å²) in [6.07, 6.45) is 1.51. The maximum absolute atomic E-state index is 13.0. The van der Waals surface area contributed by atoms with Gasteiger partial charge >= 0.3 is 6.18 Å². The lowest BCUT2D eigenvalue weighted by Gasteiger charge is -2.29. The molecule has 32 heavy (non-hydrogen) atoms. The van der Waals surface area contributed by atoms with Gasteiger partial charge in [0.1, 0.15) is 5.82 Å². The summed E-state index contributed by atoms with van der Waals surface area (Å²) in [7, 11) is 0. The van der Waals surface area contributed by atoms with E-state index in [-0.39, 0.29) is 0 Å². The number of aromatic amines is 1. The Morgan fingerprint density at radius 2 is 1.78 bits per heavy atom. The molecule has 1 fully saturated rings. The Bertz CT molecular complexity index is 1210. The van der Waals surface area contributed by atoms with Crippen molar-refractivity contribution in [3.63, 3.8) is 0 Å². The number of benzene rings is 2. The minimum atomic E-state index is -4.38. The van der Waals surface area contributed by atoms with Crippen molar-refractivity contribution in [2.75, 3.05) is 5.32 Å². The van der Waals surface area contributed by atoms with Crippen LogP contribution in [-0.4, -0.2) is 26.2 Å². The summed E-state index contributed by atoms with van der Waals surface area (Å²) in [4.78, 5) is 7.50. The molecule has 0 atom stereocenters. The van der Waals surface area contributed by atoms with E-state index in [1.54, 1.807) is 6.20 Å². The van der Waals surface area contributed by atoms with Gasteiger partial charge in [-0.25, -0.2) is 4.98 Å². The SMILES string of the molecule is FC(F)(F)c1ccc2nc(-c3cccc(NC4CCC(c5cccnn5)CC4)c3)[nH]c2c1. The minimum absolute atomic E-state index is 0.364. The van der Waals surface area contributed by atoms with Crippen LogP contribution in [0, 0.1) is 0 Å². The molecule has 0 spiro atoms. The maximum Gasteiger partial charge on any atom is 0.416 e. The van der Waals surface area contributed by atoms with Crippen molar-refractivity contribution in [3.8, 4) is 11.4 Å². The van der Waals surface area contributed by atoms with Gasteiger partial charge in [-0.15, -0.1) is 0 Å². The fourth-order valence-electron chi connectivity index (χ4n) is 4.38. The summed E-state index contributed by atoms with van der Waals surface area (Å²) in [5.74, 6) is 1.000. The third kappa shape index (κ3) is 4.30. The summed E-state index contributed by atoms with van der Waals surface area (Å²) in [5.41, 5.74) is 3.05. The lowest BCUT2D eigenvalue weighted by molar-refractivity contribution is -0.137. The molecule has 2 N–H and O–H groups in total. The number of rotatable bonds is 4. The molecule has 1 saturated carbocycles. The smallest absolute Gasteiger partial charge is 0.382 e. The Kier molecular flexibility index (Phi) is 5.28. The first kappa shape index (κ1) is 20.5. The van der Waals surface area contributed by atoms with Gasteiger partial charge in [-0.2, -0.15) is 23.4 Å². The van der Waals surface area contributed by atoms with Crippen LogP contribution in [0.15, 0.2) is 60.8 Å².